The number of furan rings is 1. The van der Waals surface area contributed by atoms with Gasteiger partial charge in [0, 0.05) is 34.5 Å². The summed E-state index contributed by atoms with van der Waals surface area (Å²) in [5.41, 5.74) is 3.23. The minimum Gasteiger partial charge on any atom is -0.497 e. The minimum absolute atomic E-state index is 0.197. The number of carbonyl (C=O) groups excluding carboxylic acids is 1. The Balaban J connectivity index is 1.46. The third-order valence-corrected chi connectivity index (χ3v) is 5.15. The van der Waals surface area contributed by atoms with Crippen LogP contribution in [0.3, 0.4) is 0 Å². The van der Waals surface area contributed by atoms with Crippen molar-refractivity contribution < 1.29 is 18.7 Å². The van der Waals surface area contributed by atoms with Crippen LogP contribution in [-0.4, -0.2) is 18.0 Å². The van der Waals surface area contributed by atoms with Crippen molar-refractivity contribution in [1.82, 2.24) is 10.3 Å². The highest BCUT2D eigenvalue weighted by atomic mass is 16.5. The number of rotatable bonds is 7. The lowest BCUT2D eigenvalue weighted by Gasteiger charge is -2.13. The second kappa shape index (κ2) is 8.92. The number of hydrogen-bond acceptors (Lipinski definition) is 5. The van der Waals surface area contributed by atoms with E-state index in [-0.39, 0.29) is 11.9 Å². The maximum atomic E-state index is 12.8. The average Bonchev–Trinajstić information content (AvgIpc) is 3.14. The molecule has 158 valence electrons. The van der Waals surface area contributed by atoms with Crippen molar-refractivity contribution >= 4 is 16.9 Å². The van der Waals surface area contributed by atoms with Gasteiger partial charge in [0.1, 0.15) is 29.4 Å². The summed E-state index contributed by atoms with van der Waals surface area (Å²) in [6, 6.07) is 16.3. The van der Waals surface area contributed by atoms with E-state index in [0.29, 0.717) is 17.9 Å². The zero-order chi connectivity index (χ0) is 21.8. The van der Waals surface area contributed by atoms with Crippen molar-refractivity contribution in [2.75, 3.05) is 7.11 Å². The van der Waals surface area contributed by atoms with E-state index in [2.05, 4.69) is 10.3 Å². The Bertz CT molecular complexity index is 1200. The summed E-state index contributed by atoms with van der Waals surface area (Å²) in [5, 5.41) is 3.99. The summed E-state index contributed by atoms with van der Waals surface area (Å²) < 4.78 is 17.1. The summed E-state index contributed by atoms with van der Waals surface area (Å²) in [4.78, 5) is 16.9. The highest BCUT2D eigenvalue weighted by molar-refractivity contribution is 5.95. The SMILES string of the molecule is COc1ccc2oc(C(C)NC(=O)c3cccc(OCc4cccnc4)c3)c(C)c2c1. The van der Waals surface area contributed by atoms with Gasteiger partial charge in [-0.25, -0.2) is 0 Å². The topological polar surface area (TPSA) is 73.6 Å². The molecule has 0 saturated carbocycles. The number of carbonyl (C=O) groups is 1. The van der Waals surface area contributed by atoms with Gasteiger partial charge in [-0.2, -0.15) is 0 Å². The van der Waals surface area contributed by atoms with Gasteiger partial charge in [-0.15, -0.1) is 0 Å². The molecule has 1 N–H and O–H groups in total. The van der Waals surface area contributed by atoms with Crippen LogP contribution in [0, 0.1) is 6.92 Å². The first-order valence-corrected chi connectivity index (χ1v) is 10.0. The Hall–Kier alpha value is -3.80. The summed E-state index contributed by atoms with van der Waals surface area (Å²) >= 11 is 0. The number of nitrogens with one attached hydrogen (secondary N) is 1. The summed E-state index contributed by atoms with van der Waals surface area (Å²) in [5.74, 6) is 1.91. The predicted octanol–water partition coefficient (Wildman–Crippen LogP) is 5.21. The van der Waals surface area contributed by atoms with Gasteiger partial charge in [0.15, 0.2) is 0 Å². The van der Waals surface area contributed by atoms with Gasteiger partial charge in [0.2, 0.25) is 0 Å². The van der Waals surface area contributed by atoms with E-state index >= 15 is 0 Å². The van der Waals surface area contributed by atoms with Gasteiger partial charge in [0.25, 0.3) is 5.91 Å². The van der Waals surface area contributed by atoms with Crippen LogP contribution in [0.2, 0.25) is 0 Å². The van der Waals surface area contributed by atoms with Gasteiger partial charge < -0.3 is 19.2 Å². The maximum absolute atomic E-state index is 12.8. The molecule has 4 aromatic rings. The number of hydrogen-bond donors (Lipinski definition) is 1. The molecule has 1 amide bonds. The van der Waals surface area contributed by atoms with Crippen LogP contribution in [0.4, 0.5) is 0 Å². The first kappa shape index (κ1) is 20.5. The van der Waals surface area contributed by atoms with Crippen LogP contribution in [-0.2, 0) is 6.61 Å². The van der Waals surface area contributed by atoms with E-state index in [1.54, 1.807) is 37.7 Å². The fraction of sp³-hybridized carbons (Fsp3) is 0.200. The lowest BCUT2D eigenvalue weighted by molar-refractivity contribution is 0.0935. The molecule has 4 rings (SSSR count). The molecule has 0 aliphatic heterocycles. The number of ether oxygens (including phenoxy) is 2. The summed E-state index contributed by atoms with van der Waals surface area (Å²) in [7, 11) is 1.63. The average molecular weight is 416 g/mol. The molecule has 31 heavy (non-hydrogen) atoms. The molecule has 0 bridgehead atoms. The molecular weight excluding hydrogens is 392 g/mol. The third kappa shape index (κ3) is 4.53. The zero-order valence-electron chi connectivity index (χ0n) is 17.7. The number of methoxy groups -OCH3 is 1. The normalized spacial score (nSPS) is 11.8. The number of aromatic nitrogens is 1. The second-order valence-electron chi connectivity index (χ2n) is 7.33. The van der Waals surface area contributed by atoms with Crippen molar-refractivity contribution in [1.29, 1.82) is 0 Å². The van der Waals surface area contributed by atoms with Crippen molar-refractivity contribution in [2.24, 2.45) is 0 Å². The molecule has 6 nitrogen and oxygen atoms in total. The molecule has 2 aromatic carbocycles. The Morgan fingerprint density at radius 3 is 2.77 bits per heavy atom. The molecule has 0 aliphatic rings. The molecule has 0 saturated heterocycles. The Labute approximate surface area is 180 Å². The van der Waals surface area contributed by atoms with Crippen LogP contribution >= 0.6 is 0 Å². The maximum Gasteiger partial charge on any atom is 0.251 e. The fourth-order valence-electron chi connectivity index (χ4n) is 3.48. The number of fused-ring (bicyclic) bond motifs is 1. The van der Waals surface area contributed by atoms with Crippen LogP contribution < -0.4 is 14.8 Å². The van der Waals surface area contributed by atoms with Crippen molar-refractivity contribution in [3.8, 4) is 11.5 Å². The highest BCUT2D eigenvalue weighted by Crippen LogP contribution is 2.32. The number of aryl methyl sites for hydroxylation is 1. The van der Waals surface area contributed by atoms with E-state index in [1.165, 1.54) is 0 Å². The smallest absolute Gasteiger partial charge is 0.251 e. The van der Waals surface area contributed by atoms with Crippen LogP contribution in [0.5, 0.6) is 11.5 Å². The molecule has 0 radical (unpaired) electrons. The second-order valence-corrected chi connectivity index (χ2v) is 7.33. The van der Waals surface area contributed by atoms with Crippen LogP contribution in [0.25, 0.3) is 11.0 Å². The lowest BCUT2D eigenvalue weighted by atomic mass is 10.1. The quantitative estimate of drug-likeness (QED) is 0.447. The van der Waals surface area contributed by atoms with Crippen molar-refractivity contribution in [2.45, 2.75) is 26.5 Å². The molecule has 6 heteroatoms. The Kier molecular flexibility index (Phi) is 5.89. The first-order chi connectivity index (χ1) is 15.0. The minimum atomic E-state index is -0.300. The molecule has 0 spiro atoms. The van der Waals surface area contributed by atoms with E-state index in [9.17, 15) is 4.79 Å². The molecule has 0 aliphatic carbocycles. The van der Waals surface area contributed by atoms with E-state index in [1.807, 2.05) is 50.2 Å². The molecule has 0 fully saturated rings. The molecule has 1 atom stereocenters. The standard InChI is InChI=1S/C25H24N2O4/c1-16-22-13-20(29-3)9-10-23(22)31-24(16)17(2)27-25(28)19-7-4-8-21(12-19)30-15-18-6-5-11-26-14-18/h4-14,17H,15H2,1-3H3,(H,27,28). The Morgan fingerprint density at radius 1 is 1.13 bits per heavy atom. The van der Waals surface area contributed by atoms with Gasteiger partial charge >= 0.3 is 0 Å². The number of amides is 1. The highest BCUT2D eigenvalue weighted by Gasteiger charge is 2.19. The van der Waals surface area contributed by atoms with Gasteiger partial charge in [0.05, 0.1) is 13.2 Å². The number of pyridine rings is 1. The molecule has 2 aromatic heterocycles. The van der Waals surface area contributed by atoms with Gasteiger partial charge in [-0.05, 0) is 56.3 Å². The molecular formula is C25H24N2O4. The van der Waals surface area contributed by atoms with Crippen molar-refractivity contribution in [3.63, 3.8) is 0 Å². The fourth-order valence-corrected chi connectivity index (χ4v) is 3.48. The summed E-state index contributed by atoms with van der Waals surface area (Å²) in [6.07, 6.45) is 3.47. The number of benzene rings is 2. The zero-order valence-corrected chi connectivity index (χ0v) is 17.7. The monoisotopic (exact) mass is 416 g/mol. The summed E-state index contributed by atoms with van der Waals surface area (Å²) in [6.45, 7) is 4.27. The molecule has 1 unspecified atom stereocenters. The predicted molar refractivity (Wildman–Crippen MR) is 118 cm³/mol. The Morgan fingerprint density at radius 2 is 2.00 bits per heavy atom. The van der Waals surface area contributed by atoms with Gasteiger partial charge in [-0.3, -0.25) is 9.78 Å². The third-order valence-electron chi connectivity index (χ3n) is 5.15. The van der Waals surface area contributed by atoms with E-state index < -0.39 is 0 Å². The van der Waals surface area contributed by atoms with E-state index in [4.69, 9.17) is 13.9 Å². The van der Waals surface area contributed by atoms with Crippen molar-refractivity contribution in [3.05, 3.63) is 89.4 Å². The van der Waals surface area contributed by atoms with E-state index in [0.717, 1.165) is 33.6 Å². The number of nitrogens with zero attached hydrogens (tertiary/aromatic N) is 1. The largest absolute Gasteiger partial charge is 0.497 e. The van der Waals surface area contributed by atoms with Crippen LogP contribution in [0.15, 0.2) is 71.4 Å². The van der Waals surface area contributed by atoms with Crippen LogP contribution in [0.1, 0.15) is 40.2 Å². The molecule has 2 heterocycles. The van der Waals surface area contributed by atoms with Gasteiger partial charge in [-0.1, -0.05) is 12.1 Å². The first-order valence-electron chi connectivity index (χ1n) is 10.0. The lowest BCUT2D eigenvalue weighted by Crippen LogP contribution is -2.26.